The van der Waals surface area contributed by atoms with Gasteiger partial charge in [-0.2, -0.15) is 0 Å². The number of rotatable bonds is 5. The van der Waals surface area contributed by atoms with Gasteiger partial charge in [0.2, 0.25) is 0 Å². The maximum Gasteiger partial charge on any atom is 0.331 e. The van der Waals surface area contributed by atoms with Gasteiger partial charge >= 0.3 is 5.97 Å². The number of carbonyl (C=O) groups is 1. The normalized spacial score (nSPS) is 11.2. The maximum absolute atomic E-state index is 11.3. The van der Waals surface area contributed by atoms with Crippen LogP contribution < -0.4 is 5.32 Å². The first-order chi connectivity index (χ1) is 9.69. The Morgan fingerprint density at radius 2 is 2.00 bits per heavy atom. The minimum Gasteiger partial charge on any atom is -0.478 e. The van der Waals surface area contributed by atoms with Crippen LogP contribution in [0.3, 0.4) is 0 Å². The summed E-state index contributed by atoms with van der Waals surface area (Å²) < 4.78 is 0. The molecule has 1 aromatic heterocycles. The van der Waals surface area contributed by atoms with E-state index in [1.54, 1.807) is 19.3 Å². The standard InChI is InChI=1S/C16H16N2O2/c1-17-15-8-7-13(11-18-15)10-14(16(19)20)9-12-5-3-2-4-6-12/h2-8,10-11H,9H2,1H3,(H,17,18)(H,19,20). The average Bonchev–Trinajstić information content (AvgIpc) is 2.48. The molecule has 0 fully saturated rings. The first kappa shape index (κ1) is 13.8. The van der Waals surface area contributed by atoms with Crippen LogP contribution in [0.15, 0.2) is 54.2 Å². The molecule has 0 amide bonds. The summed E-state index contributed by atoms with van der Waals surface area (Å²) in [5.41, 5.74) is 2.09. The highest BCUT2D eigenvalue weighted by Crippen LogP contribution is 2.13. The van der Waals surface area contributed by atoms with Gasteiger partial charge in [-0.05, 0) is 29.3 Å². The van der Waals surface area contributed by atoms with Gasteiger partial charge in [-0.25, -0.2) is 9.78 Å². The molecular weight excluding hydrogens is 252 g/mol. The minimum atomic E-state index is -0.911. The quantitative estimate of drug-likeness (QED) is 0.818. The molecule has 2 N–H and O–H groups in total. The molecular formula is C16H16N2O2. The molecule has 1 heterocycles. The summed E-state index contributed by atoms with van der Waals surface area (Å²) in [6.45, 7) is 0. The van der Waals surface area contributed by atoms with E-state index in [1.165, 1.54) is 0 Å². The number of benzene rings is 1. The summed E-state index contributed by atoms with van der Waals surface area (Å²) in [7, 11) is 1.79. The largest absolute Gasteiger partial charge is 0.478 e. The highest BCUT2D eigenvalue weighted by molar-refractivity contribution is 5.92. The lowest BCUT2D eigenvalue weighted by molar-refractivity contribution is -0.132. The molecule has 0 bridgehead atoms. The highest BCUT2D eigenvalue weighted by atomic mass is 16.4. The number of carboxylic acids is 1. The summed E-state index contributed by atoms with van der Waals surface area (Å²) >= 11 is 0. The molecule has 20 heavy (non-hydrogen) atoms. The summed E-state index contributed by atoms with van der Waals surface area (Å²) in [6, 6.07) is 13.2. The number of aliphatic carboxylic acids is 1. The van der Waals surface area contributed by atoms with Gasteiger partial charge in [0.25, 0.3) is 0 Å². The van der Waals surface area contributed by atoms with Crippen molar-refractivity contribution in [3.63, 3.8) is 0 Å². The third-order valence-electron chi connectivity index (χ3n) is 2.90. The number of aromatic nitrogens is 1. The fraction of sp³-hybridized carbons (Fsp3) is 0.125. The Morgan fingerprint density at radius 3 is 2.55 bits per heavy atom. The lowest BCUT2D eigenvalue weighted by Crippen LogP contribution is -2.04. The zero-order valence-corrected chi connectivity index (χ0v) is 11.2. The SMILES string of the molecule is CNc1ccc(C=C(Cc2ccccc2)C(=O)O)cn1. The molecule has 0 aliphatic rings. The van der Waals surface area contributed by atoms with Crippen LogP contribution >= 0.6 is 0 Å². The van der Waals surface area contributed by atoms with Crippen LogP contribution in [0, 0.1) is 0 Å². The van der Waals surface area contributed by atoms with Crippen molar-refractivity contribution >= 4 is 17.9 Å². The molecule has 2 rings (SSSR count). The highest BCUT2D eigenvalue weighted by Gasteiger charge is 2.08. The van der Waals surface area contributed by atoms with Crippen LogP contribution in [0.1, 0.15) is 11.1 Å². The fourth-order valence-corrected chi connectivity index (χ4v) is 1.84. The van der Waals surface area contributed by atoms with Crippen molar-refractivity contribution in [1.29, 1.82) is 0 Å². The number of anilines is 1. The molecule has 0 saturated carbocycles. The van der Waals surface area contributed by atoms with Crippen molar-refractivity contribution in [2.24, 2.45) is 0 Å². The van der Waals surface area contributed by atoms with Crippen LogP contribution in [0.5, 0.6) is 0 Å². The molecule has 0 unspecified atom stereocenters. The van der Waals surface area contributed by atoms with Crippen LogP contribution in [-0.4, -0.2) is 23.1 Å². The number of nitrogens with one attached hydrogen (secondary N) is 1. The molecule has 2 aromatic rings. The Labute approximate surface area is 117 Å². The first-order valence-corrected chi connectivity index (χ1v) is 6.30. The van der Waals surface area contributed by atoms with Gasteiger partial charge in [0, 0.05) is 25.2 Å². The number of carboxylic acid groups (broad SMARTS) is 1. The zero-order chi connectivity index (χ0) is 14.4. The second-order valence-electron chi connectivity index (χ2n) is 4.36. The van der Waals surface area contributed by atoms with Crippen LogP contribution in [0.2, 0.25) is 0 Å². The maximum atomic E-state index is 11.3. The van der Waals surface area contributed by atoms with E-state index in [2.05, 4.69) is 10.3 Å². The predicted octanol–water partition coefficient (Wildman–Crippen LogP) is 2.83. The Bertz CT molecular complexity index is 604. The van der Waals surface area contributed by atoms with E-state index in [9.17, 15) is 9.90 Å². The molecule has 0 saturated heterocycles. The Morgan fingerprint density at radius 1 is 1.25 bits per heavy atom. The van der Waals surface area contributed by atoms with Gasteiger partial charge in [-0.15, -0.1) is 0 Å². The molecule has 102 valence electrons. The summed E-state index contributed by atoms with van der Waals surface area (Å²) in [4.78, 5) is 15.5. The van der Waals surface area contributed by atoms with Crippen LogP contribution in [0.4, 0.5) is 5.82 Å². The van der Waals surface area contributed by atoms with Gasteiger partial charge in [-0.1, -0.05) is 30.3 Å². The number of nitrogens with zero attached hydrogens (tertiary/aromatic N) is 1. The molecule has 4 heteroatoms. The number of hydrogen-bond acceptors (Lipinski definition) is 3. The lowest BCUT2D eigenvalue weighted by atomic mass is 10.0. The Kier molecular flexibility index (Phi) is 4.50. The van der Waals surface area contributed by atoms with E-state index in [-0.39, 0.29) is 0 Å². The number of pyridine rings is 1. The van der Waals surface area contributed by atoms with E-state index in [0.29, 0.717) is 12.0 Å². The Balaban J connectivity index is 2.23. The lowest BCUT2D eigenvalue weighted by Gasteiger charge is -2.04. The Hall–Kier alpha value is -2.62. The monoisotopic (exact) mass is 268 g/mol. The molecule has 1 aromatic carbocycles. The smallest absolute Gasteiger partial charge is 0.331 e. The van der Waals surface area contributed by atoms with Crippen molar-refractivity contribution in [3.05, 3.63) is 65.4 Å². The van der Waals surface area contributed by atoms with E-state index in [1.807, 2.05) is 42.5 Å². The molecule has 0 spiro atoms. The van der Waals surface area contributed by atoms with Gasteiger partial charge in [0.05, 0.1) is 0 Å². The van der Waals surface area contributed by atoms with Gasteiger partial charge < -0.3 is 10.4 Å². The topological polar surface area (TPSA) is 62.2 Å². The minimum absolute atomic E-state index is 0.343. The third kappa shape index (κ3) is 3.68. The van der Waals surface area contributed by atoms with E-state index >= 15 is 0 Å². The second kappa shape index (κ2) is 6.52. The van der Waals surface area contributed by atoms with Gasteiger partial charge in [-0.3, -0.25) is 0 Å². The van der Waals surface area contributed by atoms with Crippen molar-refractivity contribution in [2.75, 3.05) is 12.4 Å². The van der Waals surface area contributed by atoms with Crippen molar-refractivity contribution < 1.29 is 9.90 Å². The zero-order valence-electron chi connectivity index (χ0n) is 11.2. The number of hydrogen-bond donors (Lipinski definition) is 2. The molecule has 0 aliphatic heterocycles. The van der Waals surface area contributed by atoms with E-state index < -0.39 is 5.97 Å². The molecule has 4 nitrogen and oxygen atoms in total. The van der Waals surface area contributed by atoms with Crippen molar-refractivity contribution in [1.82, 2.24) is 4.98 Å². The average molecular weight is 268 g/mol. The van der Waals surface area contributed by atoms with Crippen molar-refractivity contribution in [3.8, 4) is 0 Å². The second-order valence-corrected chi connectivity index (χ2v) is 4.36. The van der Waals surface area contributed by atoms with E-state index in [0.717, 1.165) is 16.9 Å². The first-order valence-electron chi connectivity index (χ1n) is 6.30. The summed E-state index contributed by atoms with van der Waals surface area (Å²) in [5.74, 6) is -0.159. The molecule has 0 atom stereocenters. The fourth-order valence-electron chi connectivity index (χ4n) is 1.84. The van der Waals surface area contributed by atoms with Gasteiger partial charge in [0.1, 0.15) is 5.82 Å². The molecule has 0 radical (unpaired) electrons. The molecule has 0 aliphatic carbocycles. The van der Waals surface area contributed by atoms with Crippen LogP contribution in [0.25, 0.3) is 6.08 Å². The van der Waals surface area contributed by atoms with E-state index in [4.69, 9.17) is 0 Å². The third-order valence-corrected chi connectivity index (χ3v) is 2.90. The predicted molar refractivity (Wildman–Crippen MR) is 79.5 cm³/mol. The summed E-state index contributed by atoms with van der Waals surface area (Å²) in [5, 5.41) is 12.2. The van der Waals surface area contributed by atoms with Crippen LogP contribution in [-0.2, 0) is 11.2 Å². The summed E-state index contributed by atoms with van der Waals surface area (Å²) in [6.07, 6.45) is 3.70. The van der Waals surface area contributed by atoms with Crippen molar-refractivity contribution in [2.45, 2.75) is 6.42 Å². The van der Waals surface area contributed by atoms with Gasteiger partial charge in [0.15, 0.2) is 0 Å².